The van der Waals surface area contributed by atoms with E-state index in [1.54, 1.807) is 24.3 Å². The smallest absolute Gasteiger partial charge is 0.306 e. The summed E-state index contributed by atoms with van der Waals surface area (Å²) in [6.45, 7) is 3.22. The van der Waals surface area contributed by atoms with E-state index in [9.17, 15) is 24.2 Å². The minimum atomic E-state index is -0.756. The van der Waals surface area contributed by atoms with Crippen molar-refractivity contribution < 1.29 is 24.1 Å². The SMILES string of the molecule is CC(CC1CC(C(=O)O)C1)n1c(C2CCOCC2)c(-c2ccc(F)cc2)c2ccc(O)cc2c1=O. The lowest BCUT2D eigenvalue weighted by molar-refractivity contribution is -0.146. The number of phenols is 1. The van der Waals surface area contributed by atoms with E-state index in [-0.39, 0.29) is 40.9 Å². The molecule has 0 bridgehead atoms. The van der Waals surface area contributed by atoms with Gasteiger partial charge in [0.2, 0.25) is 0 Å². The first-order chi connectivity index (χ1) is 16.8. The molecule has 1 saturated carbocycles. The molecule has 2 aromatic carbocycles. The molecule has 0 spiro atoms. The lowest BCUT2D eigenvalue weighted by atomic mass is 9.72. The number of rotatable bonds is 6. The van der Waals surface area contributed by atoms with Crippen LogP contribution < -0.4 is 5.56 Å². The maximum atomic E-state index is 14.0. The summed E-state index contributed by atoms with van der Waals surface area (Å²) in [5.41, 5.74) is 2.46. The van der Waals surface area contributed by atoms with Gasteiger partial charge in [0.1, 0.15) is 11.6 Å². The van der Waals surface area contributed by atoms with Crippen LogP contribution in [0, 0.1) is 17.7 Å². The van der Waals surface area contributed by atoms with Crippen LogP contribution in [0.15, 0.2) is 47.3 Å². The molecule has 1 atom stereocenters. The van der Waals surface area contributed by atoms with Gasteiger partial charge < -0.3 is 19.5 Å². The molecule has 6 nitrogen and oxygen atoms in total. The lowest BCUT2D eigenvalue weighted by Gasteiger charge is -2.36. The van der Waals surface area contributed by atoms with Gasteiger partial charge >= 0.3 is 5.97 Å². The third-order valence-electron chi connectivity index (χ3n) is 7.68. The molecule has 1 aliphatic heterocycles. The van der Waals surface area contributed by atoms with Crippen LogP contribution in [0.25, 0.3) is 21.9 Å². The Morgan fingerprint density at radius 2 is 1.80 bits per heavy atom. The van der Waals surface area contributed by atoms with Crippen LogP contribution in [0.3, 0.4) is 0 Å². The van der Waals surface area contributed by atoms with Crippen molar-refractivity contribution >= 4 is 16.7 Å². The van der Waals surface area contributed by atoms with E-state index in [4.69, 9.17) is 4.74 Å². The number of nitrogens with zero attached hydrogens (tertiary/aromatic N) is 1. The van der Waals surface area contributed by atoms with Crippen LogP contribution in [0.4, 0.5) is 4.39 Å². The van der Waals surface area contributed by atoms with Gasteiger partial charge in [0.25, 0.3) is 5.56 Å². The van der Waals surface area contributed by atoms with Crippen LogP contribution in [0.5, 0.6) is 5.75 Å². The second-order valence-corrected chi connectivity index (χ2v) is 10.0. The Hall–Kier alpha value is -3.19. The number of carboxylic acid groups (broad SMARTS) is 1. The van der Waals surface area contributed by atoms with Gasteiger partial charge in [0.15, 0.2) is 0 Å². The summed E-state index contributed by atoms with van der Waals surface area (Å²) in [5.74, 6) is -1.04. The molecular weight excluding hydrogens is 449 g/mol. The third kappa shape index (κ3) is 4.45. The average molecular weight is 480 g/mol. The number of aliphatic carboxylic acids is 1. The number of hydrogen-bond donors (Lipinski definition) is 2. The number of fused-ring (bicyclic) bond motifs is 1. The molecule has 35 heavy (non-hydrogen) atoms. The van der Waals surface area contributed by atoms with Crippen LogP contribution >= 0.6 is 0 Å². The van der Waals surface area contributed by atoms with Gasteiger partial charge in [0.05, 0.1) is 11.3 Å². The van der Waals surface area contributed by atoms with Crippen LogP contribution in [0.1, 0.15) is 56.7 Å². The number of aromatic hydroxyl groups is 1. The van der Waals surface area contributed by atoms with Crippen LogP contribution in [0.2, 0.25) is 0 Å². The van der Waals surface area contributed by atoms with E-state index < -0.39 is 5.97 Å². The zero-order chi connectivity index (χ0) is 24.7. The number of phenolic OH excluding ortho intramolecular Hbond substituents is 1. The predicted octanol–water partition coefficient (Wildman–Crippen LogP) is 5.47. The van der Waals surface area contributed by atoms with Gasteiger partial charge in [-0.3, -0.25) is 9.59 Å². The summed E-state index contributed by atoms with van der Waals surface area (Å²) in [7, 11) is 0. The van der Waals surface area contributed by atoms with Crippen molar-refractivity contribution in [2.24, 2.45) is 11.8 Å². The number of carboxylic acids is 1. The van der Waals surface area contributed by atoms with E-state index in [0.717, 1.165) is 35.0 Å². The van der Waals surface area contributed by atoms with Gasteiger partial charge in [0, 0.05) is 36.4 Å². The van der Waals surface area contributed by atoms with E-state index >= 15 is 0 Å². The first kappa shape index (κ1) is 23.5. The van der Waals surface area contributed by atoms with Crippen molar-refractivity contribution in [1.29, 1.82) is 0 Å². The Morgan fingerprint density at radius 1 is 1.11 bits per heavy atom. The van der Waals surface area contributed by atoms with Crippen LogP contribution in [-0.4, -0.2) is 34.0 Å². The average Bonchev–Trinajstić information content (AvgIpc) is 2.82. The molecule has 0 radical (unpaired) electrons. The molecule has 5 rings (SSSR count). The fourth-order valence-electron chi connectivity index (χ4n) is 5.87. The molecule has 7 heteroatoms. The second-order valence-electron chi connectivity index (χ2n) is 10.0. The first-order valence-corrected chi connectivity index (χ1v) is 12.3. The Kier molecular flexibility index (Phi) is 6.36. The van der Waals surface area contributed by atoms with Crippen molar-refractivity contribution in [2.45, 2.75) is 51.0 Å². The molecule has 2 aliphatic rings. The second kappa shape index (κ2) is 9.46. The number of ether oxygens (including phenoxy) is 1. The fourth-order valence-corrected chi connectivity index (χ4v) is 5.87. The molecule has 3 aromatic rings. The summed E-state index contributed by atoms with van der Waals surface area (Å²) in [6.07, 6.45) is 3.50. The van der Waals surface area contributed by atoms with Crippen molar-refractivity contribution in [3.05, 3.63) is 64.3 Å². The third-order valence-corrected chi connectivity index (χ3v) is 7.68. The normalized spacial score (nSPS) is 21.5. The highest BCUT2D eigenvalue weighted by Gasteiger charge is 2.36. The molecular formula is C28H30FNO5. The van der Waals surface area contributed by atoms with E-state index in [2.05, 4.69) is 0 Å². The summed E-state index contributed by atoms with van der Waals surface area (Å²) in [6, 6.07) is 11.0. The highest BCUT2D eigenvalue weighted by molar-refractivity contribution is 5.98. The highest BCUT2D eigenvalue weighted by atomic mass is 19.1. The van der Waals surface area contributed by atoms with Gasteiger partial charge in [-0.1, -0.05) is 12.1 Å². The molecule has 1 aliphatic carbocycles. The van der Waals surface area contributed by atoms with Gasteiger partial charge in [-0.25, -0.2) is 4.39 Å². The monoisotopic (exact) mass is 479 g/mol. The molecule has 2 fully saturated rings. The maximum absolute atomic E-state index is 14.0. The van der Waals surface area contributed by atoms with Gasteiger partial charge in [-0.2, -0.15) is 0 Å². The largest absolute Gasteiger partial charge is 0.508 e. The Morgan fingerprint density at radius 3 is 2.46 bits per heavy atom. The molecule has 2 heterocycles. The Bertz CT molecular complexity index is 1300. The minimum absolute atomic E-state index is 0.0148. The van der Waals surface area contributed by atoms with Crippen molar-refractivity contribution in [3.8, 4) is 16.9 Å². The standard InChI is InChI=1S/C28H30FNO5/c1-16(12-17-13-20(14-17)28(33)34)30-26(19-8-10-35-11-9-19)25(18-2-4-21(29)5-3-18)23-7-6-22(31)15-24(23)27(30)32/h2-7,15-17,19-20,31H,8-14H2,1H3,(H,33,34). The minimum Gasteiger partial charge on any atom is -0.508 e. The molecule has 1 aromatic heterocycles. The number of pyridine rings is 1. The quantitative estimate of drug-likeness (QED) is 0.490. The lowest BCUT2D eigenvalue weighted by Crippen LogP contribution is -2.35. The summed E-state index contributed by atoms with van der Waals surface area (Å²) in [4.78, 5) is 25.2. The zero-order valence-electron chi connectivity index (χ0n) is 19.7. The number of hydrogen-bond acceptors (Lipinski definition) is 4. The summed E-state index contributed by atoms with van der Waals surface area (Å²) < 4.78 is 21.3. The number of carbonyl (C=O) groups is 1. The molecule has 0 amide bonds. The number of aromatic nitrogens is 1. The van der Waals surface area contributed by atoms with Crippen molar-refractivity contribution in [3.63, 3.8) is 0 Å². The maximum Gasteiger partial charge on any atom is 0.306 e. The highest BCUT2D eigenvalue weighted by Crippen LogP contribution is 2.43. The van der Waals surface area contributed by atoms with E-state index in [0.29, 0.717) is 37.9 Å². The van der Waals surface area contributed by atoms with Crippen LogP contribution in [-0.2, 0) is 9.53 Å². The zero-order valence-corrected chi connectivity index (χ0v) is 19.7. The van der Waals surface area contributed by atoms with Gasteiger partial charge in [-0.15, -0.1) is 0 Å². The number of halogens is 1. The first-order valence-electron chi connectivity index (χ1n) is 12.3. The topological polar surface area (TPSA) is 88.8 Å². The molecule has 2 N–H and O–H groups in total. The Balaban J connectivity index is 1.71. The van der Waals surface area contributed by atoms with E-state index in [1.807, 2.05) is 11.5 Å². The van der Waals surface area contributed by atoms with Crippen molar-refractivity contribution in [2.75, 3.05) is 13.2 Å². The summed E-state index contributed by atoms with van der Waals surface area (Å²) >= 11 is 0. The van der Waals surface area contributed by atoms with E-state index in [1.165, 1.54) is 18.2 Å². The number of benzene rings is 2. The molecule has 184 valence electrons. The molecule has 1 unspecified atom stereocenters. The predicted molar refractivity (Wildman–Crippen MR) is 131 cm³/mol. The van der Waals surface area contributed by atoms with Gasteiger partial charge in [-0.05, 0) is 86.2 Å². The summed E-state index contributed by atoms with van der Waals surface area (Å²) in [5, 5.41) is 20.6. The molecule has 1 saturated heterocycles. The van der Waals surface area contributed by atoms with Crippen molar-refractivity contribution in [1.82, 2.24) is 4.57 Å². The Labute approximate surface area is 203 Å². The fraction of sp³-hybridized carbons (Fsp3) is 0.429.